The highest BCUT2D eigenvalue weighted by Crippen LogP contribution is 2.07. The van der Waals surface area contributed by atoms with Crippen LogP contribution in [0, 0.1) is 20.8 Å². The molecule has 0 N–H and O–H groups in total. The zero-order chi connectivity index (χ0) is 13.8. The van der Waals surface area contributed by atoms with Gasteiger partial charge in [0.25, 0.3) is 0 Å². The number of unbranched alkanes of at least 4 members (excludes halogenated alkanes) is 2. The van der Waals surface area contributed by atoms with Gasteiger partial charge in [-0.05, 0) is 44.7 Å². The highest BCUT2D eigenvalue weighted by atomic mass is 16.5. The van der Waals surface area contributed by atoms with Gasteiger partial charge in [0.05, 0.1) is 0 Å². The van der Waals surface area contributed by atoms with Crippen molar-refractivity contribution in [3.8, 4) is 0 Å². The van der Waals surface area contributed by atoms with Gasteiger partial charge in [0.1, 0.15) is 0 Å². The van der Waals surface area contributed by atoms with Crippen LogP contribution in [0.15, 0.2) is 18.2 Å². The molecule has 0 aliphatic heterocycles. The van der Waals surface area contributed by atoms with Crippen molar-refractivity contribution in [3.63, 3.8) is 0 Å². The van der Waals surface area contributed by atoms with Gasteiger partial charge in [-0.3, -0.25) is 0 Å². The van der Waals surface area contributed by atoms with Crippen molar-refractivity contribution in [2.75, 3.05) is 13.2 Å². The Balaban J connectivity index is 0.000000321. The second kappa shape index (κ2) is 11.3. The maximum absolute atomic E-state index is 5.31. The van der Waals surface area contributed by atoms with Crippen molar-refractivity contribution >= 4 is 0 Å². The SMILES string of the molecule is CCCCOCCCC.Cc1ccc(C)c(C)c1. The van der Waals surface area contributed by atoms with Crippen LogP contribution < -0.4 is 0 Å². The van der Waals surface area contributed by atoms with E-state index in [2.05, 4.69) is 52.8 Å². The van der Waals surface area contributed by atoms with Gasteiger partial charge in [-0.25, -0.2) is 0 Å². The Morgan fingerprint density at radius 1 is 0.833 bits per heavy atom. The van der Waals surface area contributed by atoms with Crippen LogP contribution in [0.3, 0.4) is 0 Å². The van der Waals surface area contributed by atoms with Crippen LogP contribution >= 0.6 is 0 Å². The monoisotopic (exact) mass is 250 g/mol. The highest BCUT2D eigenvalue weighted by Gasteiger charge is 1.89. The molecule has 0 atom stereocenters. The lowest BCUT2D eigenvalue weighted by atomic mass is 10.1. The Morgan fingerprint density at radius 2 is 1.39 bits per heavy atom. The minimum atomic E-state index is 0.955. The van der Waals surface area contributed by atoms with E-state index in [0.717, 1.165) is 13.2 Å². The Bertz CT molecular complexity index is 298. The summed E-state index contributed by atoms with van der Waals surface area (Å²) in [6.07, 6.45) is 4.91. The fourth-order valence-corrected chi connectivity index (χ4v) is 1.49. The Labute approximate surface area is 114 Å². The molecule has 0 unspecified atom stereocenters. The van der Waals surface area contributed by atoms with E-state index in [9.17, 15) is 0 Å². The van der Waals surface area contributed by atoms with Crippen LogP contribution in [0.5, 0.6) is 0 Å². The van der Waals surface area contributed by atoms with Crippen LogP contribution in [0.25, 0.3) is 0 Å². The molecule has 1 rings (SSSR count). The summed E-state index contributed by atoms with van der Waals surface area (Å²) in [7, 11) is 0. The van der Waals surface area contributed by atoms with E-state index < -0.39 is 0 Å². The highest BCUT2D eigenvalue weighted by molar-refractivity contribution is 5.28. The minimum absolute atomic E-state index is 0.955. The number of hydrogen-bond donors (Lipinski definition) is 0. The van der Waals surface area contributed by atoms with Gasteiger partial charge in [0.2, 0.25) is 0 Å². The van der Waals surface area contributed by atoms with Crippen LogP contribution in [0.4, 0.5) is 0 Å². The maximum atomic E-state index is 5.31. The summed E-state index contributed by atoms with van der Waals surface area (Å²) < 4.78 is 5.31. The number of ether oxygens (including phenoxy) is 1. The van der Waals surface area contributed by atoms with Crippen molar-refractivity contribution < 1.29 is 4.74 Å². The third kappa shape index (κ3) is 9.23. The van der Waals surface area contributed by atoms with Gasteiger partial charge < -0.3 is 4.74 Å². The largest absolute Gasteiger partial charge is 0.381 e. The first-order valence-electron chi connectivity index (χ1n) is 7.23. The van der Waals surface area contributed by atoms with Crippen molar-refractivity contribution in [2.45, 2.75) is 60.3 Å². The standard InChI is InChI=1S/C9H12.C8H18O/c1-7-4-5-8(2)9(3)6-7;1-3-5-7-9-8-6-4-2/h4-6H,1-3H3;3-8H2,1-2H3. The number of hydrogen-bond acceptors (Lipinski definition) is 1. The molecule has 104 valence electrons. The van der Waals surface area contributed by atoms with Gasteiger partial charge >= 0.3 is 0 Å². The molecule has 0 spiro atoms. The quantitative estimate of drug-likeness (QED) is 0.629. The summed E-state index contributed by atoms with van der Waals surface area (Å²) in [4.78, 5) is 0. The molecular formula is C17H30O. The average Bonchev–Trinajstić information content (AvgIpc) is 2.35. The first-order chi connectivity index (χ1) is 8.61. The van der Waals surface area contributed by atoms with E-state index in [4.69, 9.17) is 4.74 Å². The lowest BCUT2D eigenvalue weighted by molar-refractivity contribution is 0.128. The van der Waals surface area contributed by atoms with Crippen molar-refractivity contribution in [3.05, 3.63) is 34.9 Å². The van der Waals surface area contributed by atoms with Gasteiger partial charge in [-0.15, -0.1) is 0 Å². The molecule has 1 nitrogen and oxygen atoms in total. The molecule has 0 amide bonds. The van der Waals surface area contributed by atoms with Crippen LogP contribution in [-0.4, -0.2) is 13.2 Å². The van der Waals surface area contributed by atoms with E-state index in [0.29, 0.717) is 0 Å². The van der Waals surface area contributed by atoms with Gasteiger partial charge in [0, 0.05) is 13.2 Å². The summed E-state index contributed by atoms with van der Waals surface area (Å²) in [6.45, 7) is 12.7. The van der Waals surface area contributed by atoms with E-state index in [1.165, 1.54) is 42.4 Å². The first kappa shape index (κ1) is 17.2. The predicted octanol–water partition coefficient (Wildman–Crippen LogP) is 5.22. The van der Waals surface area contributed by atoms with Crippen molar-refractivity contribution in [2.24, 2.45) is 0 Å². The maximum Gasteiger partial charge on any atom is 0.0465 e. The third-order valence-corrected chi connectivity index (χ3v) is 2.95. The van der Waals surface area contributed by atoms with Crippen LogP contribution in [-0.2, 0) is 4.74 Å². The Hall–Kier alpha value is -0.820. The molecule has 0 aromatic heterocycles. The molecule has 0 fully saturated rings. The van der Waals surface area contributed by atoms with Gasteiger partial charge in [-0.2, -0.15) is 0 Å². The minimum Gasteiger partial charge on any atom is -0.381 e. The van der Waals surface area contributed by atoms with Crippen LogP contribution in [0.1, 0.15) is 56.2 Å². The summed E-state index contributed by atoms with van der Waals surface area (Å²) in [5.41, 5.74) is 4.11. The summed E-state index contributed by atoms with van der Waals surface area (Å²) in [6, 6.07) is 6.50. The first-order valence-corrected chi connectivity index (χ1v) is 7.23. The number of rotatable bonds is 6. The predicted molar refractivity (Wildman–Crippen MR) is 81.3 cm³/mol. The van der Waals surface area contributed by atoms with Crippen molar-refractivity contribution in [1.29, 1.82) is 0 Å². The normalized spacial score (nSPS) is 9.83. The molecule has 0 saturated heterocycles. The lowest BCUT2D eigenvalue weighted by Crippen LogP contribution is -1.95. The molecular weight excluding hydrogens is 220 g/mol. The number of benzene rings is 1. The Morgan fingerprint density at radius 3 is 1.78 bits per heavy atom. The molecule has 0 heterocycles. The average molecular weight is 250 g/mol. The van der Waals surface area contributed by atoms with Gasteiger partial charge in [-0.1, -0.05) is 50.5 Å². The molecule has 1 aromatic carbocycles. The van der Waals surface area contributed by atoms with E-state index in [1.807, 2.05) is 0 Å². The van der Waals surface area contributed by atoms with E-state index >= 15 is 0 Å². The molecule has 1 aromatic rings. The van der Waals surface area contributed by atoms with Gasteiger partial charge in [0.15, 0.2) is 0 Å². The lowest BCUT2D eigenvalue weighted by Gasteiger charge is -1.99. The Kier molecular flexibility index (Phi) is 10.8. The summed E-state index contributed by atoms with van der Waals surface area (Å²) >= 11 is 0. The molecule has 0 saturated carbocycles. The molecule has 1 heteroatoms. The smallest absolute Gasteiger partial charge is 0.0465 e. The molecule has 0 radical (unpaired) electrons. The zero-order valence-electron chi connectivity index (χ0n) is 12.9. The summed E-state index contributed by atoms with van der Waals surface area (Å²) in [5.74, 6) is 0. The molecule has 0 aliphatic carbocycles. The third-order valence-electron chi connectivity index (χ3n) is 2.95. The van der Waals surface area contributed by atoms with Crippen LogP contribution in [0.2, 0.25) is 0 Å². The topological polar surface area (TPSA) is 9.23 Å². The fourth-order valence-electron chi connectivity index (χ4n) is 1.49. The zero-order valence-corrected chi connectivity index (χ0v) is 12.9. The van der Waals surface area contributed by atoms with E-state index in [-0.39, 0.29) is 0 Å². The fraction of sp³-hybridized carbons (Fsp3) is 0.647. The number of aryl methyl sites for hydroxylation is 3. The second-order valence-corrected chi connectivity index (χ2v) is 4.91. The summed E-state index contributed by atoms with van der Waals surface area (Å²) in [5, 5.41) is 0. The second-order valence-electron chi connectivity index (χ2n) is 4.91. The molecule has 18 heavy (non-hydrogen) atoms. The van der Waals surface area contributed by atoms with E-state index in [1.54, 1.807) is 0 Å². The molecule has 0 aliphatic rings. The molecule has 0 bridgehead atoms. The van der Waals surface area contributed by atoms with Crippen molar-refractivity contribution in [1.82, 2.24) is 0 Å².